The van der Waals surface area contributed by atoms with Gasteiger partial charge in [-0.1, -0.05) is 0 Å². The van der Waals surface area contributed by atoms with Gasteiger partial charge < -0.3 is 19.3 Å². The Morgan fingerprint density at radius 3 is 1.93 bits per heavy atom. The lowest BCUT2D eigenvalue weighted by atomic mass is 10.4. The van der Waals surface area contributed by atoms with Gasteiger partial charge in [-0.05, 0) is 20.8 Å². The topological polar surface area (TPSA) is 47.9 Å². The molecule has 0 spiro atoms. The van der Waals surface area contributed by atoms with Crippen molar-refractivity contribution in [2.24, 2.45) is 0 Å². The van der Waals surface area contributed by atoms with Crippen LogP contribution in [-0.2, 0) is 14.2 Å². The van der Waals surface area contributed by atoms with E-state index < -0.39 is 0 Å². The van der Waals surface area contributed by atoms with Crippen LogP contribution >= 0.6 is 0 Å². The van der Waals surface area contributed by atoms with Crippen molar-refractivity contribution in [3.8, 4) is 0 Å². The first-order valence-electron chi connectivity index (χ1n) is 4.97. The highest BCUT2D eigenvalue weighted by molar-refractivity contribution is 4.53. The molecule has 0 aromatic rings. The van der Waals surface area contributed by atoms with Crippen molar-refractivity contribution in [3.05, 3.63) is 0 Å². The van der Waals surface area contributed by atoms with Crippen molar-refractivity contribution in [1.29, 1.82) is 0 Å². The van der Waals surface area contributed by atoms with E-state index in [1.165, 1.54) is 0 Å². The third kappa shape index (κ3) is 7.26. The predicted octanol–water partition coefficient (Wildman–Crippen LogP) is 0.824. The lowest BCUT2D eigenvalue weighted by Gasteiger charge is -2.18. The molecule has 0 aromatic carbocycles. The van der Waals surface area contributed by atoms with Crippen LogP contribution in [0.5, 0.6) is 0 Å². The smallest absolute Gasteiger partial charge is 0.0781 e. The van der Waals surface area contributed by atoms with E-state index in [0.29, 0.717) is 13.2 Å². The second-order valence-corrected chi connectivity index (χ2v) is 3.52. The van der Waals surface area contributed by atoms with Gasteiger partial charge in [0.25, 0.3) is 0 Å². The number of methoxy groups -OCH3 is 1. The summed E-state index contributed by atoms with van der Waals surface area (Å²) in [6.07, 6.45) is 0.00946. The predicted molar refractivity (Wildman–Crippen MR) is 54.4 cm³/mol. The van der Waals surface area contributed by atoms with Crippen LogP contribution in [0.1, 0.15) is 20.8 Å². The lowest BCUT2D eigenvalue weighted by molar-refractivity contribution is -0.0677. The van der Waals surface area contributed by atoms with Gasteiger partial charge in [-0.25, -0.2) is 0 Å². The Bertz CT molecular complexity index is 115. The highest BCUT2D eigenvalue weighted by Crippen LogP contribution is 1.98. The van der Waals surface area contributed by atoms with Gasteiger partial charge in [-0.3, -0.25) is 0 Å². The van der Waals surface area contributed by atoms with Crippen molar-refractivity contribution in [2.45, 2.75) is 39.1 Å². The zero-order valence-corrected chi connectivity index (χ0v) is 9.53. The largest absolute Gasteiger partial charge is 0.394 e. The van der Waals surface area contributed by atoms with Gasteiger partial charge >= 0.3 is 0 Å². The van der Waals surface area contributed by atoms with Crippen molar-refractivity contribution >= 4 is 0 Å². The first kappa shape index (κ1) is 13.8. The van der Waals surface area contributed by atoms with Gasteiger partial charge in [0, 0.05) is 7.11 Å². The van der Waals surface area contributed by atoms with Crippen LogP contribution < -0.4 is 0 Å². The van der Waals surface area contributed by atoms with E-state index in [1.807, 2.05) is 20.8 Å². The summed E-state index contributed by atoms with van der Waals surface area (Å²) in [6.45, 7) is 6.81. The zero-order chi connectivity index (χ0) is 11.0. The number of rotatable bonds is 8. The minimum absolute atomic E-state index is 0.0293. The number of ether oxygens (including phenoxy) is 3. The maximum Gasteiger partial charge on any atom is 0.0781 e. The molecule has 14 heavy (non-hydrogen) atoms. The molecule has 0 unspecified atom stereocenters. The molecule has 1 N–H and O–H groups in total. The standard InChI is InChI=1S/C10H22O4/c1-8(5-11)13-7-10(3)14-6-9(2)12-4/h8-11H,5-7H2,1-4H3/t8-,9+,10-/m1/s1. The van der Waals surface area contributed by atoms with Crippen molar-refractivity contribution in [1.82, 2.24) is 0 Å². The Kier molecular flexibility index (Phi) is 8.08. The highest BCUT2D eigenvalue weighted by atomic mass is 16.6. The molecular weight excluding hydrogens is 184 g/mol. The van der Waals surface area contributed by atoms with Crippen LogP contribution in [0.2, 0.25) is 0 Å². The molecule has 0 bridgehead atoms. The molecule has 3 atom stereocenters. The summed E-state index contributed by atoms with van der Waals surface area (Å²) in [7, 11) is 1.66. The molecule has 86 valence electrons. The summed E-state index contributed by atoms with van der Waals surface area (Å²) in [4.78, 5) is 0. The van der Waals surface area contributed by atoms with Crippen LogP contribution in [0.25, 0.3) is 0 Å². The minimum atomic E-state index is -0.124. The summed E-state index contributed by atoms with van der Waals surface area (Å²) in [5.41, 5.74) is 0. The van der Waals surface area contributed by atoms with Crippen molar-refractivity contribution in [3.63, 3.8) is 0 Å². The van der Waals surface area contributed by atoms with E-state index in [9.17, 15) is 0 Å². The van der Waals surface area contributed by atoms with Crippen molar-refractivity contribution in [2.75, 3.05) is 26.9 Å². The van der Waals surface area contributed by atoms with Crippen LogP contribution in [0.4, 0.5) is 0 Å². The molecule has 0 aliphatic rings. The van der Waals surface area contributed by atoms with Gasteiger partial charge in [-0.2, -0.15) is 0 Å². The fraction of sp³-hybridized carbons (Fsp3) is 1.00. The lowest BCUT2D eigenvalue weighted by Crippen LogP contribution is -2.25. The molecule has 0 heterocycles. The monoisotopic (exact) mass is 206 g/mol. The van der Waals surface area contributed by atoms with E-state index in [1.54, 1.807) is 7.11 Å². The number of aliphatic hydroxyl groups excluding tert-OH is 1. The van der Waals surface area contributed by atoms with Crippen molar-refractivity contribution < 1.29 is 19.3 Å². The second kappa shape index (κ2) is 8.17. The molecule has 4 nitrogen and oxygen atoms in total. The fourth-order valence-electron chi connectivity index (χ4n) is 0.768. The van der Waals surface area contributed by atoms with E-state index in [-0.39, 0.29) is 24.9 Å². The molecule has 0 saturated carbocycles. The molecule has 0 fully saturated rings. The highest BCUT2D eigenvalue weighted by Gasteiger charge is 2.07. The average Bonchev–Trinajstić information content (AvgIpc) is 2.22. The quantitative estimate of drug-likeness (QED) is 0.639. The average molecular weight is 206 g/mol. The van der Waals surface area contributed by atoms with Gasteiger partial charge in [0.2, 0.25) is 0 Å². The summed E-state index contributed by atoms with van der Waals surface area (Å²) >= 11 is 0. The first-order chi connectivity index (χ1) is 6.60. The Morgan fingerprint density at radius 2 is 1.43 bits per heavy atom. The maximum atomic E-state index is 8.72. The molecule has 0 aromatic heterocycles. The van der Waals surface area contributed by atoms with Crippen LogP contribution in [-0.4, -0.2) is 50.3 Å². The molecule has 0 rings (SSSR count). The summed E-state index contributed by atoms with van der Waals surface area (Å²) < 4.78 is 15.8. The minimum Gasteiger partial charge on any atom is -0.394 e. The van der Waals surface area contributed by atoms with Gasteiger partial charge in [0.15, 0.2) is 0 Å². The first-order valence-corrected chi connectivity index (χ1v) is 4.97. The zero-order valence-electron chi connectivity index (χ0n) is 9.53. The molecular formula is C10H22O4. The maximum absolute atomic E-state index is 8.72. The summed E-state index contributed by atoms with van der Waals surface area (Å²) in [6, 6.07) is 0. The normalized spacial score (nSPS) is 17.8. The summed E-state index contributed by atoms with van der Waals surface area (Å²) in [5.74, 6) is 0. The molecule has 0 radical (unpaired) electrons. The van der Waals surface area contributed by atoms with Crippen LogP contribution in [0.15, 0.2) is 0 Å². The third-order valence-corrected chi connectivity index (χ3v) is 1.89. The van der Waals surface area contributed by atoms with Gasteiger partial charge in [-0.15, -0.1) is 0 Å². The second-order valence-electron chi connectivity index (χ2n) is 3.52. The molecule has 0 saturated heterocycles. The number of hydrogen-bond donors (Lipinski definition) is 1. The number of aliphatic hydroxyl groups is 1. The van der Waals surface area contributed by atoms with E-state index >= 15 is 0 Å². The Morgan fingerprint density at radius 1 is 0.929 bits per heavy atom. The molecule has 0 aliphatic heterocycles. The summed E-state index contributed by atoms with van der Waals surface area (Å²) in [5, 5.41) is 8.72. The Labute approximate surface area is 86.2 Å². The van der Waals surface area contributed by atoms with Gasteiger partial charge in [0.1, 0.15) is 0 Å². The molecule has 0 amide bonds. The molecule has 0 aliphatic carbocycles. The molecule has 4 heteroatoms. The SMILES string of the molecule is CO[C@@H](C)CO[C@H](C)CO[C@H](C)CO. The van der Waals surface area contributed by atoms with Crippen LogP contribution in [0.3, 0.4) is 0 Å². The van der Waals surface area contributed by atoms with E-state index in [0.717, 1.165) is 0 Å². The fourth-order valence-corrected chi connectivity index (χ4v) is 0.768. The van der Waals surface area contributed by atoms with E-state index in [4.69, 9.17) is 19.3 Å². The van der Waals surface area contributed by atoms with Gasteiger partial charge in [0.05, 0.1) is 38.1 Å². The van der Waals surface area contributed by atoms with Crippen LogP contribution in [0, 0.1) is 0 Å². The third-order valence-electron chi connectivity index (χ3n) is 1.89. The Balaban J connectivity index is 3.40. The number of hydrogen-bond acceptors (Lipinski definition) is 4. The Hall–Kier alpha value is -0.160. The van der Waals surface area contributed by atoms with E-state index in [2.05, 4.69) is 0 Å².